The van der Waals surface area contributed by atoms with Crippen molar-refractivity contribution in [2.24, 2.45) is 5.16 Å². The van der Waals surface area contributed by atoms with Gasteiger partial charge in [-0.1, -0.05) is 21.1 Å². The van der Waals surface area contributed by atoms with Crippen LogP contribution in [-0.2, 0) is 16.2 Å². The van der Waals surface area contributed by atoms with Crippen LogP contribution in [-0.4, -0.2) is 16.2 Å². The average Bonchev–Trinajstić information content (AvgIpc) is 2.93. The van der Waals surface area contributed by atoms with Crippen LogP contribution in [0.15, 0.2) is 39.6 Å². The number of nitrogens with zero attached hydrogens (tertiary/aromatic N) is 2. The molecule has 20 heavy (non-hydrogen) atoms. The standard InChI is InChI=1S/C15H13BrN2O2/c1-3-18-8-10(6-12-9(2)17-20-15(12)19)13-7-11(16)4-5-14(13)18/h4-8H,3H2,1-2H3. The van der Waals surface area contributed by atoms with Crippen molar-refractivity contribution in [3.63, 3.8) is 0 Å². The van der Waals surface area contributed by atoms with Crippen LogP contribution in [0.1, 0.15) is 19.4 Å². The van der Waals surface area contributed by atoms with E-state index in [0.717, 1.165) is 27.5 Å². The van der Waals surface area contributed by atoms with Gasteiger partial charge in [-0.2, -0.15) is 0 Å². The minimum absolute atomic E-state index is 0.394. The molecule has 0 spiro atoms. The molecule has 0 bridgehead atoms. The van der Waals surface area contributed by atoms with Crippen molar-refractivity contribution < 1.29 is 9.63 Å². The van der Waals surface area contributed by atoms with Gasteiger partial charge in [0, 0.05) is 33.7 Å². The number of fused-ring (bicyclic) bond motifs is 1. The number of carbonyl (C=O) groups excluding carboxylic acids is 1. The van der Waals surface area contributed by atoms with E-state index in [1.165, 1.54) is 0 Å². The van der Waals surface area contributed by atoms with Crippen molar-refractivity contribution in [1.82, 2.24) is 4.57 Å². The minimum atomic E-state index is -0.394. The molecule has 0 aliphatic carbocycles. The smallest absolute Gasteiger partial charge is 0.347 e. The molecule has 0 amide bonds. The van der Waals surface area contributed by atoms with Gasteiger partial charge >= 0.3 is 5.97 Å². The number of hydrogen-bond acceptors (Lipinski definition) is 3. The highest BCUT2D eigenvalue weighted by Crippen LogP contribution is 2.28. The van der Waals surface area contributed by atoms with Gasteiger partial charge in [0.15, 0.2) is 0 Å². The molecule has 0 unspecified atom stereocenters. The molecule has 3 rings (SSSR count). The van der Waals surface area contributed by atoms with Crippen LogP contribution in [0, 0.1) is 0 Å². The summed E-state index contributed by atoms with van der Waals surface area (Å²) in [6.07, 6.45) is 3.89. The van der Waals surface area contributed by atoms with Gasteiger partial charge in [0.25, 0.3) is 0 Å². The van der Waals surface area contributed by atoms with Crippen LogP contribution in [0.3, 0.4) is 0 Å². The van der Waals surface area contributed by atoms with E-state index in [9.17, 15) is 4.79 Å². The number of benzene rings is 1. The maximum Gasteiger partial charge on any atom is 0.367 e. The third-order valence-electron chi connectivity index (χ3n) is 3.39. The normalized spacial score (nSPS) is 16.9. The van der Waals surface area contributed by atoms with Crippen LogP contribution >= 0.6 is 15.9 Å². The SMILES string of the molecule is CCn1cc(C=C2C(=O)ON=C2C)c2cc(Br)ccc21. The fourth-order valence-electron chi connectivity index (χ4n) is 2.35. The van der Waals surface area contributed by atoms with Gasteiger partial charge in [-0.3, -0.25) is 0 Å². The van der Waals surface area contributed by atoms with Crippen molar-refractivity contribution in [2.75, 3.05) is 0 Å². The third-order valence-corrected chi connectivity index (χ3v) is 3.88. The zero-order valence-corrected chi connectivity index (χ0v) is 12.8. The van der Waals surface area contributed by atoms with Crippen molar-refractivity contribution in [3.05, 3.63) is 40.0 Å². The summed E-state index contributed by atoms with van der Waals surface area (Å²) in [6.45, 7) is 4.74. The Hall–Kier alpha value is -1.88. The van der Waals surface area contributed by atoms with E-state index in [-0.39, 0.29) is 0 Å². The van der Waals surface area contributed by atoms with Crippen molar-refractivity contribution >= 4 is 44.6 Å². The molecule has 0 fully saturated rings. The Morgan fingerprint density at radius 3 is 2.90 bits per heavy atom. The zero-order chi connectivity index (χ0) is 14.3. The Balaban J connectivity index is 2.21. The number of rotatable bonds is 2. The van der Waals surface area contributed by atoms with E-state index in [4.69, 9.17) is 0 Å². The summed E-state index contributed by atoms with van der Waals surface area (Å²) in [5.74, 6) is -0.394. The first-order chi connectivity index (χ1) is 9.60. The first-order valence-corrected chi connectivity index (χ1v) is 7.16. The molecule has 0 atom stereocenters. The molecule has 0 radical (unpaired) electrons. The number of aryl methyl sites for hydroxylation is 1. The summed E-state index contributed by atoms with van der Waals surface area (Å²) >= 11 is 3.49. The lowest BCUT2D eigenvalue weighted by Crippen LogP contribution is -2.01. The predicted molar refractivity (Wildman–Crippen MR) is 82.5 cm³/mol. The lowest BCUT2D eigenvalue weighted by Gasteiger charge is -1.99. The minimum Gasteiger partial charge on any atom is -0.347 e. The Labute approximate surface area is 124 Å². The molecular weight excluding hydrogens is 320 g/mol. The Bertz CT molecular complexity index is 772. The number of carbonyl (C=O) groups is 1. The monoisotopic (exact) mass is 332 g/mol. The highest BCUT2D eigenvalue weighted by atomic mass is 79.9. The fourth-order valence-corrected chi connectivity index (χ4v) is 2.71. The van der Waals surface area contributed by atoms with Gasteiger partial charge in [0.1, 0.15) is 0 Å². The van der Waals surface area contributed by atoms with Crippen molar-refractivity contribution in [3.8, 4) is 0 Å². The summed E-state index contributed by atoms with van der Waals surface area (Å²) in [6, 6.07) is 6.14. The number of halogens is 1. The molecular formula is C15H13BrN2O2. The van der Waals surface area contributed by atoms with Gasteiger partial charge in [-0.15, -0.1) is 0 Å². The van der Waals surface area contributed by atoms with E-state index in [2.05, 4.69) is 49.5 Å². The van der Waals surface area contributed by atoms with Gasteiger partial charge in [0.05, 0.1) is 11.3 Å². The van der Waals surface area contributed by atoms with E-state index >= 15 is 0 Å². The van der Waals surface area contributed by atoms with Crippen molar-refractivity contribution in [1.29, 1.82) is 0 Å². The topological polar surface area (TPSA) is 43.6 Å². The van der Waals surface area contributed by atoms with Gasteiger partial charge in [0.2, 0.25) is 0 Å². The average molecular weight is 333 g/mol. The molecule has 1 aromatic heterocycles. The fraction of sp³-hybridized carbons (Fsp3) is 0.200. The lowest BCUT2D eigenvalue weighted by atomic mass is 10.1. The van der Waals surface area contributed by atoms with Gasteiger partial charge in [-0.05, 0) is 38.1 Å². The zero-order valence-electron chi connectivity index (χ0n) is 11.2. The van der Waals surface area contributed by atoms with E-state index < -0.39 is 5.97 Å². The number of oxime groups is 1. The predicted octanol–water partition coefficient (Wildman–Crippen LogP) is 3.74. The molecule has 1 aromatic carbocycles. The summed E-state index contributed by atoms with van der Waals surface area (Å²) < 4.78 is 3.17. The van der Waals surface area contributed by atoms with E-state index in [0.29, 0.717) is 11.3 Å². The Morgan fingerprint density at radius 1 is 1.45 bits per heavy atom. The second-order valence-corrected chi connectivity index (χ2v) is 5.56. The lowest BCUT2D eigenvalue weighted by molar-refractivity contribution is -0.136. The van der Waals surface area contributed by atoms with E-state index in [1.54, 1.807) is 6.92 Å². The quantitative estimate of drug-likeness (QED) is 0.621. The van der Waals surface area contributed by atoms with Crippen LogP contribution in [0.4, 0.5) is 0 Å². The molecule has 2 aromatic rings. The van der Waals surface area contributed by atoms with Crippen LogP contribution < -0.4 is 0 Å². The van der Waals surface area contributed by atoms with Crippen molar-refractivity contribution in [2.45, 2.75) is 20.4 Å². The molecule has 5 heteroatoms. The summed E-state index contributed by atoms with van der Waals surface area (Å²) in [4.78, 5) is 16.3. The van der Waals surface area contributed by atoms with Gasteiger partial charge in [-0.25, -0.2) is 4.79 Å². The largest absolute Gasteiger partial charge is 0.367 e. The molecule has 1 aliphatic heterocycles. The molecule has 4 nitrogen and oxygen atoms in total. The highest BCUT2D eigenvalue weighted by Gasteiger charge is 2.22. The van der Waals surface area contributed by atoms with Gasteiger partial charge < -0.3 is 9.40 Å². The van der Waals surface area contributed by atoms with Crippen LogP contribution in [0.2, 0.25) is 0 Å². The molecule has 1 aliphatic rings. The third kappa shape index (κ3) is 2.08. The molecule has 0 saturated carbocycles. The maximum atomic E-state index is 11.6. The first-order valence-electron chi connectivity index (χ1n) is 6.36. The molecule has 0 saturated heterocycles. The molecule has 2 heterocycles. The Morgan fingerprint density at radius 2 is 2.25 bits per heavy atom. The first kappa shape index (κ1) is 13.1. The maximum absolute atomic E-state index is 11.6. The number of hydrogen-bond donors (Lipinski definition) is 0. The van der Waals surface area contributed by atoms with Crippen LogP contribution in [0.5, 0.6) is 0 Å². The van der Waals surface area contributed by atoms with E-state index in [1.807, 2.05) is 18.3 Å². The second kappa shape index (κ2) is 4.90. The molecule has 0 N–H and O–H groups in total. The Kier molecular flexibility index (Phi) is 3.22. The highest BCUT2D eigenvalue weighted by molar-refractivity contribution is 9.10. The van der Waals surface area contributed by atoms with Crippen LogP contribution in [0.25, 0.3) is 17.0 Å². The molecule has 102 valence electrons. The summed E-state index contributed by atoms with van der Waals surface area (Å²) in [7, 11) is 0. The second-order valence-electron chi connectivity index (χ2n) is 4.65. The number of aromatic nitrogens is 1. The summed E-state index contributed by atoms with van der Waals surface area (Å²) in [5.41, 5.74) is 3.26. The summed E-state index contributed by atoms with van der Waals surface area (Å²) in [5, 5.41) is 4.80.